The first-order chi connectivity index (χ1) is 16.7. The molecule has 1 saturated heterocycles. The Morgan fingerprint density at radius 1 is 0.735 bits per heavy atom. The predicted molar refractivity (Wildman–Crippen MR) is 132 cm³/mol. The number of hydrogen-bond acceptors (Lipinski definition) is 7. The first-order valence-electron chi connectivity index (χ1n) is 11.1. The van der Waals surface area contributed by atoms with E-state index < -0.39 is 0 Å². The minimum atomic E-state index is -0.230. The normalized spacial score (nSPS) is 13.4. The van der Waals surface area contributed by atoms with Gasteiger partial charge in [-0.15, -0.1) is 0 Å². The fraction of sp³-hybridized carbons (Fsp3) is 0.154. The second-order valence-electron chi connectivity index (χ2n) is 7.83. The van der Waals surface area contributed by atoms with Crippen molar-refractivity contribution in [2.24, 2.45) is 0 Å². The lowest BCUT2D eigenvalue weighted by Gasteiger charge is -2.35. The van der Waals surface area contributed by atoms with Gasteiger partial charge < -0.3 is 19.9 Å². The van der Waals surface area contributed by atoms with Crippen LogP contribution >= 0.6 is 0 Å². The van der Waals surface area contributed by atoms with Gasteiger partial charge in [-0.2, -0.15) is 0 Å². The van der Waals surface area contributed by atoms with Crippen LogP contribution in [0.5, 0.6) is 11.5 Å². The van der Waals surface area contributed by atoms with Gasteiger partial charge in [0.05, 0.1) is 18.1 Å². The van der Waals surface area contributed by atoms with E-state index in [-0.39, 0.29) is 5.91 Å². The Morgan fingerprint density at radius 2 is 1.38 bits per heavy atom. The van der Waals surface area contributed by atoms with Gasteiger partial charge in [-0.05, 0) is 48.5 Å². The van der Waals surface area contributed by atoms with Gasteiger partial charge in [-0.3, -0.25) is 4.79 Å². The van der Waals surface area contributed by atoms with Crippen LogP contribution in [0.4, 0.5) is 17.5 Å². The molecule has 0 aliphatic carbocycles. The summed E-state index contributed by atoms with van der Waals surface area (Å²) >= 11 is 0. The van der Waals surface area contributed by atoms with Crippen LogP contribution in [-0.2, 0) is 0 Å². The van der Waals surface area contributed by atoms with Crippen molar-refractivity contribution in [3.8, 4) is 11.5 Å². The minimum absolute atomic E-state index is 0.230. The van der Waals surface area contributed by atoms with Crippen LogP contribution in [0.3, 0.4) is 0 Å². The van der Waals surface area contributed by atoms with Crippen LogP contribution in [0.1, 0.15) is 10.4 Å². The number of carbonyl (C=O) groups excluding carboxylic acids is 1. The van der Waals surface area contributed by atoms with Crippen molar-refractivity contribution in [1.29, 1.82) is 0 Å². The number of aromatic nitrogens is 3. The molecule has 0 spiro atoms. The lowest BCUT2D eigenvalue weighted by Crippen LogP contribution is -2.47. The Balaban J connectivity index is 1.15. The van der Waals surface area contributed by atoms with Gasteiger partial charge in [0.15, 0.2) is 0 Å². The number of para-hydroxylation sites is 1. The summed E-state index contributed by atoms with van der Waals surface area (Å²) in [6, 6.07) is 22.4. The molecule has 0 radical (unpaired) electrons. The molecule has 8 heteroatoms. The van der Waals surface area contributed by atoms with E-state index in [2.05, 4.69) is 30.1 Å². The molecule has 2 aromatic carbocycles. The van der Waals surface area contributed by atoms with Crippen molar-refractivity contribution in [2.75, 3.05) is 41.3 Å². The third-order valence-electron chi connectivity index (χ3n) is 5.53. The SMILES string of the molecule is O=C(Nc1cnc(N2CCN(c3ccccn3)CC2)nc1)c1ccc(Oc2ccccc2)cc1. The summed E-state index contributed by atoms with van der Waals surface area (Å²) in [5, 5.41) is 2.85. The molecule has 0 bridgehead atoms. The zero-order chi connectivity index (χ0) is 23.2. The highest BCUT2D eigenvalue weighted by Gasteiger charge is 2.20. The van der Waals surface area contributed by atoms with Crippen molar-refractivity contribution in [3.05, 3.63) is 97.0 Å². The van der Waals surface area contributed by atoms with Crippen molar-refractivity contribution in [2.45, 2.75) is 0 Å². The summed E-state index contributed by atoms with van der Waals surface area (Å²) in [7, 11) is 0. The van der Waals surface area contributed by atoms with Crippen LogP contribution < -0.4 is 19.9 Å². The Hall–Kier alpha value is -4.46. The fourth-order valence-electron chi connectivity index (χ4n) is 3.73. The zero-order valence-electron chi connectivity index (χ0n) is 18.5. The second-order valence-corrected chi connectivity index (χ2v) is 7.83. The Labute approximate surface area is 197 Å². The first kappa shape index (κ1) is 21.4. The lowest BCUT2D eigenvalue weighted by atomic mass is 10.2. The number of anilines is 3. The highest BCUT2D eigenvalue weighted by Crippen LogP contribution is 2.22. The molecule has 0 saturated carbocycles. The Bertz CT molecular complexity index is 1210. The average Bonchev–Trinajstić information content (AvgIpc) is 2.91. The molecule has 5 rings (SSSR count). The fourth-order valence-corrected chi connectivity index (χ4v) is 3.73. The van der Waals surface area contributed by atoms with Crippen LogP contribution in [0.2, 0.25) is 0 Å². The molecule has 34 heavy (non-hydrogen) atoms. The summed E-state index contributed by atoms with van der Waals surface area (Å²) in [6.45, 7) is 3.31. The largest absolute Gasteiger partial charge is 0.457 e. The minimum Gasteiger partial charge on any atom is -0.457 e. The maximum absolute atomic E-state index is 12.6. The molecule has 3 heterocycles. The van der Waals surface area contributed by atoms with Crippen molar-refractivity contribution in [1.82, 2.24) is 15.0 Å². The van der Waals surface area contributed by atoms with Crippen molar-refractivity contribution < 1.29 is 9.53 Å². The third kappa shape index (κ3) is 5.12. The number of nitrogens with zero attached hydrogens (tertiary/aromatic N) is 5. The molecule has 2 aromatic heterocycles. The summed E-state index contributed by atoms with van der Waals surface area (Å²) in [5.74, 6) is 2.82. The number of nitrogens with one attached hydrogen (secondary N) is 1. The van der Waals surface area contributed by atoms with E-state index >= 15 is 0 Å². The number of hydrogen-bond donors (Lipinski definition) is 1. The number of rotatable bonds is 6. The summed E-state index contributed by atoms with van der Waals surface area (Å²) in [4.78, 5) is 30.3. The molecule has 1 amide bonds. The molecule has 0 atom stereocenters. The summed E-state index contributed by atoms with van der Waals surface area (Å²) in [5.41, 5.74) is 1.07. The topological polar surface area (TPSA) is 83.5 Å². The first-order valence-corrected chi connectivity index (χ1v) is 11.1. The van der Waals surface area contributed by atoms with Gasteiger partial charge in [-0.1, -0.05) is 24.3 Å². The van der Waals surface area contributed by atoms with E-state index in [1.165, 1.54) is 0 Å². The van der Waals surface area contributed by atoms with Crippen molar-refractivity contribution >= 4 is 23.4 Å². The Kier molecular flexibility index (Phi) is 6.29. The highest BCUT2D eigenvalue weighted by atomic mass is 16.5. The smallest absolute Gasteiger partial charge is 0.255 e. The highest BCUT2D eigenvalue weighted by molar-refractivity contribution is 6.04. The second kappa shape index (κ2) is 9.99. The third-order valence-corrected chi connectivity index (χ3v) is 5.53. The number of pyridine rings is 1. The molecule has 1 aliphatic heterocycles. The number of piperazine rings is 1. The zero-order valence-corrected chi connectivity index (χ0v) is 18.5. The van der Waals surface area contributed by atoms with E-state index in [9.17, 15) is 4.79 Å². The van der Waals surface area contributed by atoms with E-state index in [0.29, 0.717) is 22.9 Å². The molecular weight excluding hydrogens is 428 g/mol. The number of amides is 1. The Morgan fingerprint density at radius 3 is 2.06 bits per heavy atom. The van der Waals surface area contributed by atoms with Gasteiger partial charge in [-0.25, -0.2) is 15.0 Å². The molecule has 0 unspecified atom stereocenters. The standard InChI is InChI=1S/C26H24N6O2/c33-25(20-9-11-23(12-10-20)34-22-6-2-1-3-7-22)30-21-18-28-26(29-19-21)32-16-14-31(15-17-32)24-8-4-5-13-27-24/h1-13,18-19H,14-17H2,(H,30,33). The van der Waals surface area contributed by atoms with Gasteiger partial charge in [0.1, 0.15) is 17.3 Å². The van der Waals surface area contributed by atoms with E-state index in [4.69, 9.17) is 4.74 Å². The van der Waals surface area contributed by atoms with Crippen LogP contribution in [-0.4, -0.2) is 47.0 Å². The lowest BCUT2D eigenvalue weighted by molar-refractivity contribution is 0.102. The molecule has 1 N–H and O–H groups in total. The summed E-state index contributed by atoms with van der Waals surface area (Å²) < 4.78 is 5.77. The quantitative estimate of drug-likeness (QED) is 0.468. The van der Waals surface area contributed by atoms with Gasteiger partial charge in [0.25, 0.3) is 5.91 Å². The predicted octanol–water partition coefficient (Wildman–Crippen LogP) is 4.24. The van der Waals surface area contributed by atoms with Gasteiger partial charge in [0.2, 0.25) is 5.95 Å². The number of ether oxygens (including phenoxy) is 1. The molecule has 1 aliphatic rings. The average molecular weight is 453 g/mol. The van der Waals surface area contributed by atoms with Gasteiger partial charge in [0, 0.05) is 37.9 Å². The van der Waals surface area contributed by atoms with Crippen LogP contribution in [0.25, 0.3) is 0 Å². The van der Waals surface area contributed by atoms with E-state index in [1.54, 1.807) is 36.7 Å². The van der Waals surface area contributed by atoms with Crippen LogP contribution in [0, 0.1) is 0 Å². The monoisotopic (exact) mass is 452 g/mol. The molecule has 8 nitrogen and oxygen atoms in total. The van der Waals surface area contributed by atoms with E-state index in [0.717, 1.165) is 37.7 Å². The maximum Gasteiger partial charge on any atom is 0.255 e. The van der Waals surface area contributed by atoms with Crippen LogP contribution in [0.15, 0.2) is 91.4 Å². The molecular formula is C26H24N6O2. The molecule has 170 valence electrons. The van der Waals surface area contributed by atoms with Gasteiger partial charge >= 0.3 is 0 Å². The number of carbonyl (C=O) groups is 1. The maximum atomic E-state index is 12.6. The number of benzene rings is 2. The summed E-state index contributed by atoms with van der Waals surface area (Å²) in [6.07, 6.45) is 5.08. The van der Waals surface area contributed by atoms with E-state index in [1.807, 2.05) is 54.7 Å². The van der Waals surface area contributed by atoms with Crippen molar-refractivity contribution in [3.63, 3.8) is 0 Å². The molecule has 1 fully saturated rings. The molecule has 4 aromatic rings.